The molecule has 2 amide bonds. The zero-order valence-electron chi connectivity index (χ0n) is 16.6. The molecule has 0 aliphatic carbocycles. The molecule has 10 heteroatoms. The summed E-state index contributed by atoms with van der Waals surface area (Å²) in [4.78, 5) is 57.9. The fourth-order valence-electron chi connectivity index (χ4n) is 2.97. The second-order valence-electron chi connectivity index (χ2n) is 6.90. The standard InChI is InChI=1S/C19H22N6O4/c1-11(2)25(17(28)15(26)20-10-12-8-6-5-7-9-12)18-21-13-14(22-18)23(3)19(29)24(4)16(13)27/h5-9,11H,10H2,1-4H3,(H,20,26)(H,21,22). The van der Waals surface area contributed by atoms with Crippen LogP contribution in [0.15, 0.2) is 39.9 Å². The van der Waals surface area contributed by atoms with Gasteiger partial charge in [-0.25, -0.2) is 4.79 Å². The minimum absolute atomic E-state index is 0.0214. The first-order chi connectivity index (χ1) is 13.7. The zero-order valence-corrected chi connectivity index (χ0v) is 16.6. The second-order valence-corrected chi connectivity index (χ2v) is 6.90. The molecule has 0 saturated heterocycles. The Morgan fingerprint density at radius 1 is 1.14 bits per heavy atom. The number of fused-ring (bicyclic) bond motifs is 1. The number of carbonyl (C=O) groups excluding carboxylic acids is 2. The van der Waals surface area contributed by atoms with Crippen molar-refractivity contribution < 1.29 is 9.59 Å². The van der Waals surface area contributed by atoms with Gasteiger partial charge in [0, 0.05) is 26.7 Å². The molecule has 152 valence electrons. The van der Waals surface area contributed by atoms with E-state index in [1.54, 1.807) is 13.8 Å². The topological polar surface area (TPSA) is 122 Å². The van der Waals surface area contributed by atoms with E-state index < -0.39 is 29.1 Å². The second kappa shape index (κ2) is 7.74. The first kappa shape index (κ1) is 20.1. The lowest BCUT2D eigenvalue weighted by Crippen LogP contribution is -2.46. The quantitative estimate of drug-likeness (QED) is 0.600. The largest absolute Gasteiger partial charge is 0.344 e. The lowest BCUT2D eigenvalue weighted by Gasteiger charge is -2.23. The van der Waals surface area contributed by atoms with Gasteiger partial charge in [0.1, 0.15) is 0 Å². The summed E-state index contributed by atoms with van der Waals surface area (Å²) < 4.78 is 2.15. The van der Waals surface area contributed by atoms with Crippen molar-refractivity contribution in [2.75, 3.05) is 4.90 Å². The number of amides is 2. The molecule has 2 heterocycles. The smallest absolute Gasteiger partial charge is 0.332 e. The summed E-state index contributed by atoms with van der Waals surface area (Å²) in [6.45, 7) is 3.63. The van der Waals surface area contributed by atoms with Gasteiger partial charge in [0.05, 0.1) is 0 Å². The molecule has 0 unspecified atom stereocenters. The maximum atomic E-state index is 12.8. The monoisotopic (exact) mass is 398 g/mol. The third-order valence-corrected chi connectivity index (χ3v) is 4.54. The van der Waals surface area contributed by atoms with Gasteiger partial charge in [-0.15, -0.1) is 0 Å². The first-order valence-electron chi connectivity index (χ1n) is 9.03. The summed E-state index contributed by atoms with van der Waals surface area (Å²) in [6.07, 6.45) is 0. The average molecular weight is 398 g/mol. The van der Waals surface area contributed by atoms with Crippen LogP contribution in [0.25, 0.3) is 11.2 Å². The fourth-order valence-corrected chi connectivity index (χ4v) is 2.97. The molecule has 2 aromatic heterocycles. The van der Waals surface area contributed by atoms with E-state index >= 15 is 0 Å². The summed E-state index contributed by atoms with van der Waals surface area (Å²) in [5, 5.41) is 2.59. The molecule has 0 bridgehead atoms. The number of benzene rings is 1. The van der Waals surface area contributed by atoms with E-state index in [0.29, 0.717) is 0 Å². The van der Waals surface area contributed by atoms with Crippen LogP contribution in [0.4, 0.5) is 5.95 Å². The molecule has 0 atom stereocenters. The predicted molar refractivity (Wildman–Crippen MR) is 107 cm³/mol. The summed E-state index contributed by atoms with van der Waals surface area (Å²) >= 11 is 0. The SMILES string of the molecule is CC(C)N(C(=O)C(=O)NCc1ccccc1)c1nc2c([nH]1)c(=O)n(C)c(=O)n2C. The van der Waals surface area contributed by atoms with E-state index in [9.17, 15) is 19.2 Å². The molecule has 0 radical (unpaired) electrons. The predicted octanol–water partition coefficient (Wildman–Crippen LogP) is 0.0181. The fraction of sp³-hybridized carbons (Fsp3) is 0.316. The van der Waals surface area contributed by atoms with Crippen molar-refractivity contribution in [3.05, 3.63) is 56.7 Å². The minimum atomic E-state index is -0.822. The lowest BCUT2D eigenvalue weighted by molar-refractivity contribution is -0.138. The van der Waals surface area contributed by atoms with Gasteiger partial charge in [-0.3, -0.25) is 28.4 Å². The Kier molecular flexibility index (Phi) is 5.35. The molecule has 2 N–H and O–H groups in total. The van der Waals surface area contributed by atoms with Crippen molar-refractivity contribution in [1.29, 1.82) is 0 Å². The molecule has 29 heavy (non-hydrogen) atoms. The lowest BCUT2D eigenvalue weighted by atomic mass is 10.2. The minimum Gasteiger partial charge on any atom is -0.344 e. The van der Waals surface area contributed by atoms with Crippen molar-refractivity contribution in [2.24, 2.45) is 14.1 Å². The van der Waals surface area contributed by atoms with Crippen LogP contribution in [0, 0.1) is 0 Å². The maximum absolute atomic E-state index is 12.8. The van der Waals surface area contributed by atoms with E-state index in [1.807, 2.05) is 30.3 Å². The number of nitrogens with zero attached hydrogens (tertiary/aromatic N) is 4. The third kappa shape index (κ3) is 3.68. The molecule has 3 rings (SSSR count). The van der Waals surface area contributed by atoms with Crippen LogP contribution in [0.3, 0.4) is 0 Å². The number of anilines is 1. The number of rotatable bonds is 4. The van der Waals surface area contributed by atoms with E-state index in [1.165, 1.54) is 18.7 Å². The first-order valence-corrected chi connectivity index (χ1v) is 9.03. The van der Waals surface area contributed by atoms with Crippen molar-refractivity contribution in [3.8, 4) is 0 Å². The van der Waals surface area contributed by atoms with Crippen molar-refractivity contribution >= 4 is 28.9 Å². The van der Waals surface area contributed by atoms with Crippen LogP contribution >= 0.6 is 0 Å². The van der Waals surface area contributed by atoms with Crippen molar-refractivity contribution in [1.82, 2.24) is 24.4 Å². The Balaban J connectivity index is 1.93. The molecule has 0 aliphatic rings. The maximum Gasteiger partial charge on any atom is 0.332 e. The number of H-pyrrole nitrogens is 1. The average Bonchev–Trinajstić information content (AvgIpc) is 3.14. The molecule has 0 spiro atoms. The van der Waals surface area contributed by atoms with Gasteiger partial charge in [0.25, 0.3) is 5.56 Å². The molecule has 1 aromatic carbocycles. The Hall–Kier alpha value is -3.69. The van der Waals surface area contributed by atoms with Gasteiger partial charge >= 0.3 is 17.5 Å². The number of nitrogens with one attached hydrogen (secondary N) is 2. The third-order valence-electron chi connectivity index (χ3n) is 4.54. The zero-order chi connectivity index (χ0) is 21.3. The highest BCUT2D eigenvalue weighted by Crippen LogP contribution is 2.16. The van der Waals surface area contributed by atoms with Gasteiger partial charge in [-0.05, 0) is 19.4 Å². The number of aromatic amines is 1. The highest BCUT2D eigenvalue weighted by Gasteiger charge is 2.29. The molecule has 10 nitrogen and oxygen atoms in total. The van der Waals surface area contributed by atoms with Gasteiger partial charge in [0.2, 0.25) is 5.95 Å². The van der Waals surface area contributed by atoms with Crippen LogP contribution in [-0.2, 0) is 30.2 Å². The number of hydrogen-bond acceptors (Lipinski definition) is 5. The van der Waals surface area contributed by atoms with E-state index in [0.717, 1.165) is 15.0 Å². The van der Waals surface area contributed by atoms with Crippen LogP contribution in [-0.4, -0.2) is 37.0 Å². The highest BCUT2D eigenvalue weighted by molar-refractivity contribution is 6.40. The van der Waals surface area contributed by atoms with Crippen LogP contribution in [0.2, 0.25) is 0 Å². The van der Waals surface area contributed by atoms with Crippen molar-refractivity contribution in [2.45, 2.75) is 26.4 Å². The number of carbonyl (C=O) groups is 2. The Labute approximate surface area is 165 Å². The summed E-state index contributed by atoms with van der Waals surface area (Å²) in [6, 6.07) is 8.77. The van der Waals surface area contributed by atoms with E-state index in [-0.39, 0.29) is 23.7 Å². The van der Waals surface area contributed by atoms with Crippen LogP contribution in [0.1, 0.15) is 19.4 Å². The van der Waals surface area contributed by atoms with E-state index in [4.69, 9.17) is 0 Å². The van der Waals surface area contributed by atoms with Crippen LogP contribution < -0.4 is 21.5 Å². The molecule has 0 fully saturated rings. The number of imidazole rings is 1. The Morgan fingerprint density at radius 3 is 2.41 bits per heavy atom. The number of hydrogen-bond donors (Lipinski definition) is 2. The summed E-state index contributed by atoms with van der Waals surface area (Å²) in [5.74, 6) is -1.60. The number of aromatic nitrogens is 4. The Bertz CT molecular complexity index is 1190. The normalized spacial score (nSPS) is 11.1. The summed E-state index contributed by atoms with van der Waals surface area (Å²) in [5.41, 5.74) is -0.0638. The van der Waals surface area contributed by atoms with Crippen LogP contribution in [0.5, 0.6) is 0 Å². The molecule has 3 aromatic rings. The van der Waals surface area contributed by atoms with Gasteiger partial charge in [-0.2, -0.15) is 4.98 Å². The molecular weight excluding hydrogens is 376 g/mol. The highest BCUT2D eigenvalue weighted by atomic mass is 16.2. The number of aryl methyl sites for hydroxylation is 1. The van der Waals surface area contributed by atoms with Gasteiger partial charge in [-0.1, -0.05) is 30.3 Å². The Morgan fingerprint density at radius 2 is 1.79 bits per heavy atom. The van der Waals surface area contributed by atoms with Gasteiger partial charge in [0.15, 0.2) is 11.2 Å². The van der Waals surface area contributed by atoms with E-state index in [2.05, 4.69) is 15.3 Å². The van der Waals surface area contributed by atoms with Gasteiger partial charge < -0.3 is 10.3 Å². The molecule has 0 aliphatic heterocycles. The van der Waals surface area contributed by atoms with Crippen molar-refractivity contribution in [3.63, 3.8) is 0 Å². The summed E-state index contributed by atoms with van der Waals surface area (Å²) in [7, 11) is 2.83. The molecule has 0 saturated carbocycles. The molecular formula is C19H22N6O4.